The van der Waals surface area contributed by atoms with E-state index >= 15 is 0 Å². The molecule has 2 saturated heterocycles. The third-order valence-electron chi connectivity index (χ3n) is 6.29. The number of fused-ring (bicyclic) bond motifs is 1. The zero-order chi connectivity index (χ0) is 20.9. The number of amides is 1. The van der Waals surface area contributed by atoms with Crippen LogP contribution >= 0.6 is 0 Å². The van der Waals surface area contributed by atoms with Crippen molar-refractivity contribution in [3.8, 4) is 17.3 Å². The largest absolute Gasteiger partial charge is 0.355 e. The van der Waals surface area contributed by atoms with E-state index < -0.39 is 0 Å². The van der Waals surface area contributed by atoms with Crippen molar-refractivity contribution in [2.45, 2.75) is 13.3 Å². The molecule has 0 saturated carbocycles. The first-order valence-electron chi connectivity index (χ1n) is 9.90. The van der Waals surface area contributed by atoms with Gasteiger partial charge >= 0.3 is 0 Å². The average molecular weight is 399 g/mol. The normalized spacial score (nSPS) is 17.2. The van der Waals surface area contributed by atoms with Crippen LogP contribution in [0.5, 0.6) is 0 Å². The molecule has 1 N–H and O–H groups in total. The van der Waals surface area contributed by atoms with Crippen molar-refractivity contribution in [2.24, 2.45) is 5.41 Å². The number of carbonyl (C=O) groups excluding carboxylic acids is 1. The van der Waals surface area contributed by atoms with Crippen LogP contribution in [0.15, 0.2) is 37.3 Å². The van der Waals surface area contributed by atoms with E-state index in [1.165, 1.54) is 12.4 Å². The number of anilines is 1. The zero-order valence-corrected chi connectivity index (χ0v) is 16.7. The van der Waals surface area contributed by atoms with Gasteiger partial charge in [-0.1, -0.05) is 12.6 Å². The number of nitrogens with zero attached hydrogens (tertiary/aromatic N) is 6. The van der Waals surface area contributed by atoms with E-state index in [-0.39, 0.29) is 11.3 Å². The summed E-state index contributed by atoms with van der Waals surface area (Å²) in [6, 6.07) is 6.33. The van der Waals surface area contributed by atoms with Gasteiger partial charge in [0.1, 0.15) is 18.0 Å². The molecule has 0 atom stereocenters. The smallest absolute Gasteiger partial charge is 0.245 e. The molecule has 4 heterocycles. The molecule has 1 aromatic carbocycles. The maximum atomic E-state index is 11.8. The summed E-state index contributed by atoms with van der Waals surface area (Å²) in [5, 5.41) is 18.1. The van der Waals surface area contributed by atoms with Crippen LogP contribution in [0.4, 0.5) is 5.82 Å². The molecule has 1 amide bonds. The second-order valence-electron chi connectivity index (χ2n) is 8.19. The maximum Gasteiger partial charge on any atom is 0.245 e. The van der Waals surface area contributed by atoms with Gasteiger partial charge in [-0.3, -0.25) is 9.89 Å². The predicted octanol–water partition coefficient (Wildman–Crippen LogP) is 2.42. The summed E-state index contributed by atoms with van der Waals surface area (Å²) in [6.07, 6.45) is 5.63. The van der Waals surface area contributed by atoms with Gasteiger partial charge in [-0.2, -0.15) is 10.4 Å². The number of nitrogens with one attached hydrogen (secondary N) is 1. The Labute approximate surface area is 173 Å². The molecule has 2 aliphatic heterocycles. The topological polar surface area (TPSA) is 102 Å². The Morgan fingerprint density at radius 2 is 2.17 bits per heavy atom. The van der Waals surface area contributed by atoms with Crippen molar-refractivity contribution in [1.82, 2.24) is 25.1 Å². The number of aromatic nitrogens is 4. The molecule has 0 bridgehead atoms. The third kappa shape index (κ3) is 2.66. The highest BCUT2D eigenvalue weighted by Crippen LogP contribution is 2.42. The molecule has 2 fully saturated rings. The number of rotatable bonds is 3. The summed E-state index contributed by atoms with van der Waals surface area (Å²) in [4.78, 5) is 24.8. The Morgan fingerprint density at radius 3 is 2.93 bits per heavy atom. The average Bonchev–Trinajstić information content (AvgIpc) is 3.39. The van der Waals surface area contributed by atoms with Gasteiger partial charge in [0.2, 0.25) is 5.91 Å². The molecule has 2 aliphatic rings. The highest BCUT2D eigenvalue weighted by Gasteiger charge is 2.49. The lowest BCUT2D eigenvalue weighted by atomic mass is 9.79. The molecular formula is C22H21N7O. The van der Waals surface area contributed by atoms with E-state index in [2.05, 4.69) is 37.7 Å². The quantitative estimate of drug-likeness (QED) is 0.679. The van der Waals surface area contributed by atoms with Crippen molar-refractivity contribution < 1.29 is 4.79 Å². The minimum absolute atomic E-state index is 0.0233. The molecule has 0 aliphatic carbocycles. The number of H-pyrrole nitrogens is 1. The number of aromatic amines is 1. The highest BCUT2D eigenvalue weighted by molar-refractivity contribution is 5.97. The molecular weight excluding hydrogens is 378 g/mol. The second-order valence-corrected chi connectivity index (χ2v) is 8.19. The lowest BCUT2D eigenvalue weighted by molar-refractivity contribution is -0.136. The number of aryl methyl sites for hydroxylation is 1. The van der Waals surface area contributed by atoms with Gasteiger partial charge in [-0.25, -0.2) is 9.97 Å². The van der Waals surface area contributed by atoms with Crippen LogP contribution in [0, 0.1) is 23.7 Å². The Morgan fingerprint density at radius 1 is 1.33 bits per heavy atom. The first-order valence-corrected chi connectivity index (χ1v) is 9.90. The van der Waals surface area contributed by atoms with Gasteiger partial charge in [0.05, 0.1) is 17.4 Å². The maximum absolute atomic E-state index is 11.8. The summed E-state index contributed by atoms with van der Waals surface area (Å²) in [7, 11) is 0. The van der Waals surface area contributed by atoms with Gasteiger partial charge < -0.3 is 9.80 Å². The molecule has 8 heteroatoms. The lowest BCUT2D eigenvalue weighted by Crippen LogP contribution is -2.59. The molecule has 30 heavy (non-hydrogen) atoms. The molecule has 0 unspecified atom stereocenters. The number of benzene rings is 1. The molecule has 150 valence electrons. The van der Waals surface area contributed by atoms with E-state index in [1.54, 1.807) is 6.20 Å². The first kappa shape index (κ1) is 18.3. The van der Waals surface area contributed by atoms with Crippen molar-refractivity contribution >= 4 is 22.6 Å². The van der Waals surface area contributed by atoms with Crippen molar-refractivity contribution in [3.63, 3.8) is 0 Å². The fraction of sp³-hybridized carbons (Fsp3) is 0.318. The molecule has 0 radical (unpaired) electrons. The minimum Gasteiger partial charge on any atom is -0.355 e. The van der Waals surface area contributed by atoms with Gasteiger partial charge in [-0.15, -0.1) is 0 Å². The van der Waals surface area contributed by atoms with Gasteiger partial charge in [0.15, 0.2) is 5.82 Å². The summed E-state index contributed by atoms with van der Waals surface area (Å²) >= 11 is 0. The monoisotopic (exact) mass is 399 g/mol. The van der Waals surface area contributed by atoms with E-state index in [0.717, 1.165) is 54.6 Å². The Bertz CT molecular complexity index is 1220. The Hall–Kier alpha value is -3.73. The summed E-state index contributed by atoms with van der Waals surface area (Å²) < 4.78 is 0. The van der Waals surface area contributed by atoms with Crippen LogP contribution in [0.2, 0.25) is 0 Å². The molecule has 2 aromatic heterocycles. The zero-order valence-electron chi connectivity index (χ0n) is 16.7. The highest BCUT2D eigenvalue weighted by atomic mass is 16.2. The van der Waals surface area contributed by atoms with Crippen LogP contribution in [-0.4, -0.2) is 57.2 Å². The van der Waals surface area contributed by atoms with Crippen molar-refractivity contribution in [3.05, 3.63) is 48.4 Å². The van der Waals surface area contributed by atoms with E-state index in [0.29, 0.717) is 17.1 Å². The van der Waals surface area contributed by atoms with Crippen molar-refractivity contribution in [1.29, 1.82) is 5.26 Å². The van der Waals surface area contributed by atoms with Gasteiger partial charge in [-0.05, 0) is 31.1 Å². The second kappa shape index (κ2) is 6.66. The summed E-state index contributed by atoms with van der Waals surface area (Å²) in [5.41, 5.74) is 4.01. The van der Waals surface area contributed by atoms with E-state index in [4.69, 9.17) is 0 Å². The summed E-state index contributed by atoms with van der Waals surface area (Å²) in [6.45, 7) is 8.60. The van der Waals surface area contributed by atoms with Crippen LogP contribution < -0.4 is 4.90 Å². The predicted molar refractivity (Wildman–Crippen MR) is 113 cm³/mol. The Balaban J connectivity index is 1.51. The number of hydrogen-bond donors (Lipinski definition) is 1. The minimum atomic E-state index is -0.0233. The molecule has 1 spiro atoms. The van der Waals surface area contributed by atoms with Crippen LogP contribution in [0.1, 0.15) is 17.5 Å². The van der Waals surface area contributed by atoms with Crippen LogP contribution in [-0.2, 0) is 4.79 Å². The first-order chi connectivity index (χ1) is 14.5. The van der Waals surface area contributed by atoms with E-state index in [9.17, 15) is 10.1 Å². The molecule has 5 rings (SSSR count). The summed E-state index contributed by atoms with van der Waals surface area (Å²) in [5.74, 6) is 0.637. The third-order valence-corrected chi connectivity index (χ3v) is 6.29. The lowest BCUT2D eigenvalue weighted by Gasteiger charge is -2.47. The fourth-order valence-electron chi connectivity index (χ4n) is 4.77. The number of hydrogen-bond acceptors (Lipinski definition) is 6. The van der Waals surface area contributed by atoms with Crippen LogP contribution in [0.25, 0.3) is 22.2 Å². The van der Waals surface area contributed by atoms with Crippen molar-refractivity contribution in [2.75, 3.05) is 31.1 Å². The molecule has 3 aromatic rings. The number of carbonyl (C=O) groups is 1. The molecule has 8 nitrogen and oxygen atoms in total. The van der Waals surface area contributed by atoms with Gasteiger partial charge in [0, 0.05) is 42.5 Å². The van der Waals surface area contributed by atoms with E-state index in [1.807, 2.05) is 24.0 Å². The number of nitriles is 1. The van der Waals surface area contributed by atoms with Crippen LogP contribution in [0.3, 0.4) is 0 Å². The van der Waals surface area contributed by atoms with Gasteiger partial charge in [0.25, 0.3) is 0 Å². The SMILES string of the molecule is C=CC(=O)N1CC2(CCN(c3ncnc(-c4c(C)ccc5[nH]ncc45)c3C#N)C2)C1. The fourth-order valence-corrected chi connectivity index (χ4v) is 4.77. The number of likely N-dealkylation sites (tertiary alicyclic amines) is 1. The standard InChI is InChI=1S/C22H21N7O/c1-3-18(30)29-11-22(12-29)6-7-28(10-22)21-15(8-23)20(24-13-25-21)19-14(2)4-5-17-16(19)9-26-27-17/h3-5,9,13H,1,6-7,10-12H2,2H3,(H,26,27). The Kier molecular flexibility index (Phi) is 4.07.